The van der Waals surface area contributed by atoms with Crippen LogP contribution in [0.5, 0.6) is 5.75 Å². The molecule has 36 heteroatoms. The second-order valence-electron chi connectivity index (χ2n) is 23.5. The highest BCUT2D eigenvalue weighted by Gasteiger charge is 2.41. The summed E-state index contributed by atoms with van der Waals surface area (Å²) in [5, 5.41) is 37.2. The fourth-order valence-corrected chi connectivity index (χ4v) is 12.4. The van der Waals surface area contributed by atoms with Crippen LogP contribution in [0.2, 0.25) is 0 Å². The van der Waals surface area contributed by atoms with Crippen molar-refractivity contribution in [3.05, 3.63) is 65.7 Å². The quantitative estimate of drug-likeness (QED) is 0.0178. The summed E-state index contributed by atoms with van der Waals surface area (Å²) >= 11 is 0. The first-order valence-corrected chi connectivity index (χ1v) is 35.0. The molecular weight excluding hydrogens is 1330 g/mol. The average molecular weight is 1430 g/mol. The van der Waals surface area contributed by atoms with Crippen LogP contribution in [0.3, 0.4) is 0 Å². The van der Waals surface area contributed by atoms with Crippen molar-refractivity contribution in [2.45, 2.75) is 171 Å². The van der Waals surface area contributed by atoms with Crippen LogP contribution in [0.15, 0.2) is 54.6 Å². The van der Waals surface area contributed by atoms with E-state index in [-0.39, 0.29) is 57.4 Å². The number of phenols is 1. The fraction of sp³-hybridized carbons (Fsp3) is 0.556. The third kappa shape index (κ3) is 30.8. The van der Waals surface area contributed by atoms with Crippen molar-refractivity contribution in [3.8, 4) is 5.75 Å². The van der Waals surface area contributed by atoms with Crippen molar-refractivity contribution in [3.63, 3.8) is 0 Å². The lowest BCUT2D eigenvalue weighted by Gasteiger charge is -2.31. The van der Waals surface area contributed by atoms with E-state index in [4.69, 9.17) is 27.7 Å². The molecule has 2 aromatic carbocycles. The molecule has 0 spiro atoms. The Morgan fingerprint density at radius 2 is 1.17 bits per heavy atom. The molecule has 0 bridgehead atoms. The normalized spacial score (nSPS) is 20.1. The molecule has 20 N–H and O–H groups in total. The lowest BCUT2D eigenvalue weighted by molar-refractivity contribution is -0.155. The van der Waals surface area contributed by atoms with E-state index in [1.54, 1.807) is 30.3 Å². The second kappa shape index (κ2) is 43.7. The SMILES string of the molecule is CCCCCCCC(=O)OC(C)C(=O)NCC(=O)NCC(=O)NCC(=O)N[C@H]1CSSC[C@@H](C(=O)N2CCC[C@H]2C(=O)N[C@@H](CCCCN)C(=O)NCC(N)=O)NC(=O)[C@H](CC(N)=O)NC(=O)[C@H](CCC(N)=O)NC(=O)[C@H](Cc2ccccc2)NC(=O)[C@@H](Cc2ccc(O)cc2)NC1=O. The number of nitrogens with zero attached hydrogens (tertiary/aromatic N) is 1. The molecule has 2 aliphatic heterocycles. The molecule has 2 saturated heterocycles. The molecule has 99 heavy (non-hydrogen) atoms. The molecule has 0 aromatic heterocycles. The van der Waals surface area contributed by atoms with Crippen LogP contribution in [0, 0.1) is 0 Å². The largest absolute Gasteiger partial charge is 0.508 e. The minimum absolute atomic E-state index is 0.0560. The highest BCUT2D eigenvalue weighted by atomic mass is 33.1. The number of unbranched alkanes of at least 4 members (excludes halogenated alkanes) is 5. The van der Waals surface area contributed by atoms with Gasteiger partial charge in [0.1, 0.15) is 54.1 Å². The summed E-state index contributed by atoms with van der Waals surface area (Å²) in [6.45, 7) is 0.887. The Labute approximate surface area is 579 Å². The monoisotopic (exact) mass is 1420 g/mol. The Balaban J connectivity index is 1.71. The van der Waals surface area contributed by atoms with Crippen LogP contribution < -0.4 is 81.4 Å². The summed E-state index contributed by atoms with van der Waals surface area (Å²) in [4.78, 5) is 217. The molecule has 4 rings (SSSR count). The summed E-state index contributed by atoms with van der Waals surface area (Å²) in [6.07, 6.45) is 1.97. The summed E-state index contributed by atoms with van der Waals surface area (Å²) in [5.74, 6) is -15.8. The Hall–Kier alpha value is -9.58. The number of nitrogens with two attached hydrogens (primary N) is 4. The summed E-state index contributed by atoms with van der Waals surface area (Å²) in [6, 6.07) is 1.09. The molecule has 15 amide bonds. The predicted molar refractivity (Wildman–Crippen MR) is 360 cm³/mol. The number of ether oxygens (including phenoxy) is 1. The Morgan fingerprint density at radius 3 is 1.80 bits per heavy atom. The first-order valence-electron chi connectivity index (χ1n) is 32.5. The number of likely N-dealkylation sites (tertiary alicyclic amines) is 1. The minimum Gasteiger partial charge on any atom is -0.508 e. The predicted octanol–water partition coefficient (Wildman–Crippen LogP) is -4.53. The molecule has 2 aliphatic rings. The van der Waals surface area contributed by atoms with Gasteiger partial charge in [0.15, 0.2) is 6.10 Å². The zero-order valence-electron chi connectivity index (χ0n) is 55.3. The number of carbonyl (C=O) groups is 16. The maximum absolute atomic E-state index is 15.0. The highest BCUT2D eigenvalue weighted by molar-refractivity contribution is 8.76. The lowest BCUT2D eigenvalue weighted by atomic mass is 10.0. The van der Waals surface area contributed by atoms with E-state index in [0.717, 1.165) is 52.2 Å². The van der Waals surface area contributed by atoms with Crippen molar-refractivity contribution in [2.24, 2.45) is 22.9 Å². The first-order chi connectivity index (χ1) is 47.2. The van der Waals surface area contributed by atoms with Gasteiger partial charge in [0, 0.05) is 43.7 Å². The van der Waals surface area contributed by atoms with Crippen molar-refractivity contribution in [1.29, 1.82) is 0 Å². The van der Waals surface area contributed by atoms with E-state index in [1.807, 2.05) is 0 Å². The molecule has 2 heterocycles. The van der Waals surface area contributed by atoms with Crippen LogP contribution in [0.4, 0.5) is 0 Å². The van der Waals surface area contributed by atoms with Crippen molar-refractivity contribution in [1.82, 2.24) is 63.4 Å². The van der Waals surface area contributed by atoms with Gasteiger partial charge in [-0.3, -0.25) is 76.7 Å². The van der Waals surface area contributed by atoms with Gasteiger partial charge in [-0.2, -0.15) is 0 Å². The fourth-order valence-electron chi connectivity index (χ4n) is 10.1. The van der Waals surface area contributed by atoms with Crippen molar-refractivity contribution >= 4 is 116 Å². The van der Waals surface area contributed by atoms with Gasteiger partial charge in [0.25, 0.3) is 5.91 Å². The van der Waals surface area contributed by atoms with Crippen LogP contribution in [0.1, 0.15) is 115 Å². The molecule has 0 radical (unpaired) electrons. The third-order valence-corrected chi connectivity index (χ3v) is 17.8. The van der Waals surface area contributed by atoms with Gasteiger partial charge in [-0.1, -0.05) is 96.7 Å². The third-order valence-electron chi connectivity index (χ3n) is 15.4. The minimum atomic E-state index is -1.90. The van der Waals surface area contributed by atoms with Gasteiger partial charge in [0.2, 0.25) is 82.7 Å². The van der Waals surface area contributed by atoms with Crippen LogP contribution >= 0.6 is 21.6 Å². The van der Waals surface area contributed by atoms with Gasteiger partial charge in [0.05, 0.1) is 32.6 Å². The Bertz CT molecular complexity index is 3150. The van der Waals surface area contributed by atoms with E-state index in [2.05, 4.69) is 65.4 Å². The number of phenolic OH excluding ortho intramolecular Hbond substituents is 1. The topological polar surface area (TPSA) is 542 Å². The van der Waals surface area contributed by atoms with E-state index in [0.29, 0.717) is 30.4 Å². The molecule has 1 unspecified atom stereocenters. The van der Waals surface area contributed by atoms with Gasteiger partial charge >= 0.3 is 5.97 Å². The second-order valence-corrected chi connectivity index (χ2v) is 26.1. The summed E-state index contributed by atoms with van der Waals surface area (Å²) in [5.41, 5.74) is 22.9. The molecular formula is C63H92N16O18S2. The standard InChI is InChI=1S/C63H92N16O18S2/c1-3-4-5-6-10-18-54(87)97-36(2)55(88)71-32-52(85)68-31-51(84)69-33-53(86)72-45-34-98-99-35-46(63(96)79-26-13-17-47(79)62(95)74-40(16-11-12-25-64)56(89)70-30-50(67)83)78-60(93)44(29-49(66)82)77-57(90)41(23-24-48(65)81)73-58(91)42(27-37-14-8-7-9-15-37)75-59(92)43(76-61(45)94)28-38-19-21-39(80)22-20-38/h7-9,14-15,19-22,36,40-47,80H,3-6,10-13,16-18,23-35,64H2,1-2H3,(H2,65,81)(H2,66,82)(H2,67,83)(H,68,85)(H,69,84)(H,70,89)(H,71,88)(H,72,86)(H,73,91)(H,74,95)(H,75,92)(H,76,94)(H,77,90)(H,78,93)/t36?,40-,41-,42-,43+,44-,45-,46-,47-/m0/s1. The Morgan fingerprint density at radius 1 is 0.606 bits per heavy atom. The molecule has 9 atom stereocenters. The number of hydrogen-bond acceptors (Lipinski definition) is 21. The van der Waals surface area contributed by atoms with Gasteiger partial charge in [-0.15, -0.1) is 0 Å². The molecule has 0 aliphatic carbocycles. The maximum Gasteiger partial charge on any atom is 0.306 e. The zero-order chi connectivity index (χ0) is 73.0. The first kappa shape index (κ1) is 81.8. The van der Waals surface area contributed by atoms with E-state index < -0.39 is 206 Å². The number of primary amides is 3. The smallest absolute Gasteiger partial charge is 0.306 e. The molecule has 2 aromatic rings. The van der Waals surface area contributed by atoms with Gasteiger partial charge in [-0.05, 0) is 81.7 Å². The number of hydrogen-bond donors (Lipinski definition) is 16. The summed E-state index contributed by atoms with van der Waals surface area (Å²) < 4.78 is 5.16. The van der Waals surface area contributed by atoms with Gasteiger partial charge in [-0.25, -0.2) is 0 Å². The van der Waals surface area contributed by atoms with E-state index in [1.165, 1.54) is 31.2 Å². The number of esters is 1. The van der Waals surface area contributed by atoms with E-state index in [9.17, 15) is 81.8 Å². The van der Waals surface area contributed by atoms with Gasteiger partial charge < -0.3 is 96.2 Å². The molecule has 544 valence electrons. The van der Waals surface area contributed by atoms with Crippen molar-refractivity contribution < 1.29 is 86.6 Å². The maximum atomic E-state index is 15.0. The lowest BCUT2D eigenvalue weighted by Crippen LogP contribution is -2.61. The number of rotatable bonds is 34. The van der Waals surface area contributed by atoms with E-state index >= 15 is 0 Å². The number of amides is 15. The highest BCUT2D eigenvalue weighted by Crippen LogP contribution is 2.27. The number of aromatic hydroxyl groups is 1. The molecule has 0 saturated carbocycles. The number of benzene rings is 2. The summed E-state index contributed by atoms with van der Waals surface area (Å²) in [7, 11) is 1.68. The van der Waals surface area contributed by atoms with Crippen LogP contribution in [0.25, 0.3) is 0 Å². The Kier molecular flexibility index (Phi) is 36.1. The zero-order valence-corrected chi connectivity index (χ0v) is 57.0. The van der Waals surface area contributed by atoms with Crippen LogP contribution in [-0.4, -0.2) is 210 Å². The number of nitrogens with one attached hydrogen (secondary N) is 11. The van der Waals surface area contributed by atoms with Crippen LogP contribution in [-0.2, 0) is 94.3 Å². The average Bonchev–Trinajstić information content (AvgIpc) is 1.79. The molecule has 2 fully saturated rings. The molecule has 34 nitrogen and oxygen atoms in total. The number of carbonyl (C=O) groups excluding carboxylic acids is 16. The van der Waals surface area contributed by atoms with Crippen molar-refractivity contribution in [2.75, 3.05) is 50.8 Å².